The quantitative estimate of drug-likeness (QED) is 0.0808. The van der Waals surface area contributed by atoms with Crippen molar-refractivity contribution in [2.75, 3.05) is 0 Å². The summed E-state index contributed by atoms with van der Waals surface area (Å²) in [5.41, 5.74) is 25.5. The summed E-state index contributed by atoms with van der Waals surface area (Å²) in [5.74, 6) is 0. The van der Waals surface area contributed by atoms with Gasteiger partial charge in [-0.15, -0.1) is 0 Å². The number of aryl methyl sites for hydroxylation is 3. The molecule has 342 valence electrons. The second-order valence-corrected chi connectivity index (χ2v) is 17.6. The van der Waals surface area contributed by atoms with Crippen molar-refractivity contribution in [2.24, 2.45) is 10.7 Å². The number of allylic oxidation sites excluding steroid dienone is 6. The average molecular weight is 898 g/mol. The molecule has 9 rings (SSSR count). The second-order valence-electron chi connectivity index (χ2n) is 17.6. The third-order valence-corrected chi connectivity index (χ3v) is 12.6. The number of nitrogens with two attached hydrogens (primary N) is 1. The number of aliphatic imine (C=N–C) groups is 1. The number of nitrogens with zero attached hydrogens (tertiary/aromatic N) is 2. The highest BCUT2D eigenvalue weighted by atomic mass is 15.0. The monoisotopic (exact) mass is 898 g/mol. The first-order chi connectivity index (χ1) is 33.9. The smallest absolute Gasteiger partial charge is 0.0643 e. The van der Waals surface area contributed by atoms with E-state index in [1.165, 1.54) is 73.6 Å². The van der Waals surface area contributed by atoms with E-state index in [4.69, 9.17) is 10.7 Å². The Kier molecular flexibility index (Phi) is 16.3. The lowest BCUT2D eigenvalue weighted by molar-refractivity contribution is 0.796. The molecular formula is C66H63N3. The van der Waals surface area contributed by atoms with Gasteiger partial charge in [0.15, 0.2) is 0 Å². The number of rotatable bonds is 15. The summed E-state index contributed by atoms with van der Waals surface area (Å²) >= 11 is 0. The number of unbranched alkanes of at least 4 members (excludes halogenated alkanes) is 1. The van der Waals surface area contributed by atoms with Crippen molar-refractivity contribution in [3.8, 4) is 27.9 Å². The number of fused-ring (bicyclic) bond motifs is 3. The lowest BCUT2D eigenvalue weighted by atomic mass is 9.92. The topological polar surface area (TPSA) is 43.3 Å². The van der Waals surface area contributed by atoms with Crippen LogP contribution in [0.4, 0.5) is 0 Å². The average Bonchev–Trinajstić information content (AvgIpc) is 3.74. The fraction of sp³-hybridized carbons (Fsp3) is 0.136. The summed E-state index contributed by atoms with van der Waals surface area (Å²) < 4.78 is 2.45. The number of benzene rings is 8. The van der Waals surface area contributed by atoms with Crippen LogP contribution in [-0.4, -0.2) is 10.3 Å². The molecule has 0 spiro atoms. The van der Waals surface area contributed by atoms with Crippen LogP contribution in [0.1, 0.15) is 66.5 Å². The third-order valence-electron chi connectivity index (χ3n) is 12.6. The van der Waals surface area contributed by atoms with Crippen LogP contribution in [0.25, 0.3) is 61.5 Å². The number of hydrogen-bond acceptors (Lipinski definition) is 2. The summed E-state index contributed by atoms with van der Waals surface area (Å²) in [6, 6.07) is 70.7. The fourth-order valence-corrected chi connectivity index (χ4v) is 9.00. The molecule has 0 aliphatic carbocycles. The zero-order chi connectivity index (χ0) is 47.8. The van der Waals surface area contributed by atoms with Gasteiger partial charge >= 0.3 is 0 Å². The van der Waals surface area contributed by atoms with Crippen molar-refractivity contribution in [1.82, 2.24) is 4.57 Å². The lowest BCUT2D eigenvalue weighted by Crippen LogP contribution is -2.04. The van der Waals surface area contributed by atoms with E-state index in [9.17, 15) is 0 Å². The molecule has 3 heteroatoms. The first-order valence-corrected chi connectivity index (χ1v) is 24.3. The predicted octanol–water partition coefficient (Wildman–Crippen LogP) is 17.3. The molecule has 0 bridgehead atoms. The Hall–Kier alpha value is -8.01. The maximum absolute atomic E-state index is 6.71. The van der Waals surface area contributed by atoms with Gasteiger partial charge in [0.05, 0.1) is 17.6 Å². The van der Waals surface area contributed by atoms with Gasteiger partial charge in [-0.3, -0.25) is 4.99 Å². The highest BCUT2D eigenvalue weighted by molar-refractivity contribution is 6.11. The molecule has 69 heavy (non-hydrogen) atoms. The number of hydrogen-bond donors (Lipinski definition) is 1. The molecular weight excluding hydrogens is 835 g/mol. The molecule has 8 aromatic carbocycles. The molecule has 9 aromatic rings. The Balaban J connectivity index is 0.000000424. The second kappa shape index (κ2) is 23.6. The largest absolute Gasteiger partial charge is 0.398 e. The van der Waals surface area contributed by atoms with Crippen LogP contribution in [0, 0.1) is 13.8 Å². The van der Waals surface area contributed by atoms with E-state index in [0.29, 0.717) is 18.7 Å². The molecule has 0 saturated carbocycles. The molecule has 0 unspecified atom stereocenters. The molecule has 0 radical (unpaired) electrons. The van der Waals surface area contributed by atoms with Gasteiger partial charge in [-0.1, -0.05) is 231 Å². The highest BCUT2D eigenvalue weighted by Gasteiger charge is 2.18. The van der Waals surface area contributed by atoms with Gasteiger partial charge in [0.2, 0.25) is 0 Å². The van der Waals surface area contributed by atoms with Crippen LogP contribution in [0.3, 0.4) is 0 Å². The molecule has 0 aliphatic rings. The van der Waals surface area contributed by atoms with Crippen LogP contribution in [0.15, 0.2) is 241 Å². The zero-order valence-corrected chi connectivity index (χ0v) is 40.5. The van der Waals surface area contributed by atoms with E-state index >= 15 is 0 Å². The van der Waals surface area contributed by atoms with E-state index in [-0.39, 0.29) is 0 Å². The molecule has 1 aromatic heterocycles. The van der Waals surface area contributed by atoms with E-state index in [2.05, 4.69) is 220 Å². The highest BCUT2D eigenvalue weighted by Crippen LogP contribution is 2.39. The Morgan fingerprint density at radius 3 is 2.07 bits per heavy atom. The third kappa shape index (κ3) is 12.1. The summed E-state index contributed by atoms with van der Waals surface area (Å²) in [5, 5.41) is 2.53. The Labute approximate surface area is 410 Å². The Bertz CT molecular complexity index is 3260. The summed E-state index contributed by atoms with van der Waals surface area (Å²) in [4.78, 5) is 5.25. The zero-order valence-electron chi connectivity index (χ0n) is 40.5. The summed E-state index contributed by atoms with van der Waals surface area (Å²) in [6.45, 7) is 9.24. The van der Waals surface area contributed by atoms with Crippen molar-refractivity contribution in [2.45, 2.75) is 59.9 Å². The van der Waals surface area contributed by atoms with Gasteiger partial charge < -0.3 is 10.3 Å². The first kappa shape index (κ1) is 47.5. The minimum atomic E-state index is 0.525. The molecule has 0 saturated heterocycles. The van der Waals surface area contributed by atoms with Gasteiger partial charge in [-0.25, -0.2) is 0 Å². The first-order valence-electron chi connectivity index (χ1n) is 24.3. The summed E-state index contributed by atoms with van der Waals surface area (Å²) in [6.07, 6.45) is 16.8. The maximum Gasteiger partial charge on any atom is 0.0643 e. The van der Waals surface area contributed by atoms with Crippen LogP contribution in [0.2, 0.25) is 0 Å². The van der Waals surface area contributed by atoms with Crippen molar-refractivity contribution < 1.29 is 0 Å². The molecule has 0 fully saturated rings. The van der Waals surface area contributed by atoms with Crippen molar-refractivity contribution in [3.63, 3.8) is 0 Å². The van der Waals surface area contributed by atoms with Crippen LogP contribution in [0.5, 0.6) is 0 Å². The molecule has 2 N–H and O–H groups in total. The molecule has 3 nitrogen and oxygen atoms in total. The van der Waals surface area contributed by atoms with Gasteiger partial charge in [-0.05, 0) is 114 Å². The fourth-order valence-electron chi connectivity index (χ4n) is 9.00. The molecule has 0 atom stereocenters. The van der Waals surface area contributed by atoms with Gasteiger partial charge in [0.25, 0.3) is 0 Å². The van der Waals surface area contributed by atoms with Crippen LogP contribution in [-0.2, 0) is 13.0 Å². The minimum Gasteiger partial charge on any atom is -0.398 e. The number of para-hydroxylation sites is 1. The standard InChI is InChI=1S/C53H51N3.C13H12/c1-4-6-25-43-26-13-14-30-48(43)47-33-34-50-49-31-15-16-32-52(49)56(53(50)39(47)3)46-29-18-24-42(36-46)38-55-45(37-51(54)44-27-11-8-12-28-44)35-41(19-5-2)23-17-22-40-20-9-7-10-21-40;1-11-7-9-13(10-8-11)12-5-3-2-4-6-12/h5,7-24,26-34,36-37H,4,6,25,35,38,54H2,1-3H3;2-10H,1H3/b19-5-,22-17+,41-23+,51-37-,55-45?;. The van der Waals surface area contributed by atoms with Crippen LogP contribution < -0.4 is 5.73 Å². The van der Waals surface area contributed by atoms with E-state index in [1.807, 2.05) is 48.5 Å². The Morgan fingerprint density at radius 2 is 1.32 bits per heavy atom. The minimum absolute atomic E-state index is 0.525. The number of aromatic nitrogens is 1. The lowest BCUT2D eigenvalue weighted by Gasteiger charge is -2.16. The van der Waals surface area contributed by atoms with Crippen molar-refractivity contribution in [1.29, 1.82) is 0 Å². The van der Waals surface area contributed by atoms with E-state index in [0.717, 1.165) is 40.1 Å². The van der Waals surface area contributed by atoms with Crippen molar-refractivity contribution in [3.05, 3.63) is 270 Å². The maximum atomic E-state index is 6.71. The summed E-state index contributed by atoms with van der Waals surface area (Å²) in [7, 11) is 0. The van der Waals surface area contributed by atoms with Gasteiger partial charge in [0, 0.05) is 34.3 Å². The molecule has 0 amide bonds. The van der Waals surface area contributed by atoms with E-state index < -0.39 is 0 Å². The SMILES string of the molecule is C\C=C/C(=C\C=C\c1ccccc1)CC(/C=C(\N)c1ccccc1)=NCc1cccc(-n2c3ccccc3c3ccc(-c4ccccc4CCCC)c(C)c32)c1.Cc1ccc(-c2ccccc2)cc1. The van der Waals surface area contributed by atoms with Gasteiger partial charge in [-0.2, -0.15) is 0 Å². The Morgan fingerprint density at radius 1 is 0.638 bits per heavy atom. The van der Waals surface area contributed by atoms with E-state index in [1.54, 1.807) is 0 Å². The predicted molar refractivity (Wildman–Crippen MR) is 299 cm³/mol. The van der Waals surface area contributed by atoms with Crippen LogP contribution >= 0.6 is 0 Å². The molecule has 1 heterocycles. The van der Waals surface area contributed by atoms with Crippen molar-refractivity contribution >= 4 is 39.3 Å². The molecule has 0 aliphatic heterocycles. The normalized spacial score (nSPS) is 12.3. The van der Waals surface area contributed by atoms with Gasteiger partial charge in [0.1, 0.15) is 0 Å².